The maximum absolute atomic E-state index is 12.5. The fraction of sp³-hybridized carbons (Fsp3) is 0.167. The highest BCUT2D eigenvalue weighted by atomic mass is 32.2. The maximum Gasteiger partial charge on any atom is 0.269 e. The number of amides is 1. The molecule has 0 bridgehead atoms. The third-order valence-corrected chi connectivity index (χ3v) is 5.52. The highest BCUT2D eigenvalue weighted by molar-refractivity contribution is 7.92. The molecule has 3 N–H and O–H groups in total. The molecule has 152 valence electrons. The summed E-state index contributed by atoms with van der Waals surface area (Å²) in [6, 6.07) is 7.19. The molecule has 0 atom stereocenters. The van der Waals surface area contributed by atoms with Crippen molar-refractivity contribution in [3.8, 4) is 6.07 Å². The molecule has 2 aromatic rings. The van der Waals surface area contributed by atoms with Crippen LogP contribution in [0.2, 0.25) is 0 Å². The number of benzene rings is 1. The Morgan fingerprint density at radius 2 is 2.00 bits per heavy atom. The minimum absolute atomic E-state index is 0.0389. The summed E-state index contributed by atoms with van der Waals surface area (Å²) in [5.41, 5.74) is 1.25. The number of anilines is 2. The molecule has 0 saturated heterocycles. The zero-order valence-electron chi connectivity index (χ0n) is 15.7. The van der Waals surface area contributed by atoms with Crippen LogP contribution < -0.4 is 15.4 Å². The Balaban J connectivity index is 2.15. The van der Waals surface area contributed by atoms with Crippen molar-refractivity contribution in [1.29, 1.82) is 5.26 Å². The van der Waals surface area contributed by atoms with Gasteiger partial charge in [0.25, 0.3) is 15.9 Å². The van der Waals surface area contributed by atoms with Gasteiger partial charge in [0, 0.05) is 17.8 Å². The van der Waals surface area contributed by atoms with E-state index in [2.05, 4.69) is 39.7 Å². The van der Waals surface area contributed by atoms with Crippen LogP contribution in [0.25, 0.3) is 0 Å². The molecule has 1 aromatic carbocycles. The normalized spacial score (nSPS) is 11.8. The predicted octanol–water partition coefficient (Wildman–Crippen LogP) is 2.47. The fourth-order valence-corrected chi connectivity index (χ4v) is 3.36. The summed E-state index contributed by atoms with van der Waals surface area (Å²) in [5.74, 6) is -0.646. The molecule has 0 unspecified atom stereocenters. The topological polar surface area (TPSA) is 137 Å². The highest BCUT2D eigenvalue weighted by Crippen LogP contribution is 2.22. The lowest BCUT2D eigenvalue weighted by Crippen LogP contribution is -2.20. The van der Waals surface area contributed by atoms with E-state index in [0.717, 1.165) is 0 Å². The van der Waals surface area contributed by atoms with Crippen molar-refractivity contribution >= 4 is 40.1 Å². The van der Waals surface area contributed by atoms with Crippen molar-refractivity contribution in [3.05, 3.63) is 58.8 Å². The second-order valence-electron chi connectivity index (χ2n) is 5.81. The van der Waals surface area contributed by atoms with E-state index in [0.29, 0.717) is 23.5 Å². The first-order valence-corrected chi connectivity index (χ1v) is 10.2. The van der Waals surface area contributed by atoms with Crippen LogP contribution in [-0.2, 0) is 14.8 Å². The van der Waals surface area contributed by atoms with E-state index in [1.54, 1.807) is 26.0 Å². The van der Waals surface area contributed by atoms with Gasteiger partial charge in [-0.3, -0.25) is 4.79 Å². The Bertz CT molecular complexity index is 1100. The van der Waals surface area contributed by atoms with E-state index in [4.69, 9.17) is 4.52 Å². The minimum atomic E-state index is -3.90. The lowest BCUT2D eigenvalue weighted by molar-refractivity contribution is -0.112. The van der Waals surface area contributed by atoms with E-state index in [9.17, 15) is 18.5 Å². The molecule has 0 saturated carbocycles. The van der Waals surface area contributed by atoms with Gasteiger partial charge in [-0.05, 0) is 38.1 Å². The molecule has 1 heterocycles. The van der Waals surface area contributed by atoms with Gasteiger partial charge in [0.2, 0.25) is 5.88 Å². The van der Waals surface area contributed by atoms with E-state index in [1.807, 2.05) is 0 Å². The maximum atomic E-state index is 12.5. The molecule has 0 aliphatic rings. The number of nitriles is 1. The van der Waals surface area contributed by atoms with Crippen LogP contribution in [0.3, 0.4) is 0 Å². The van der Waals surface area contributed by atoms with Crippen LogP contribution in [-0.4, -0.2) is 26.0 Å². The second kappa shape index (κ2) is 9.31. The summed E-state index contributed by atoms with van der Waals surface area (Å²) in [6.07, 6.45) is 1.55. The molecule has 0 spiro atoms. The SMILES string of the molecule is C=CCN/C(S)=C(/C#N)C(=O)Nc1ccc(S(=O)(=O)Nc2onc(C)c2C)cc1. The Morgan fingerprint density at radius 3 is 2.52 bits per heavy atom. The first-order chi connectivity index (χ1) is 13.7. The summed E-state index contributed by atoms with van der Waals surface area (Å²) in [5, 5.41) is 18.2. The molecule has 29 heavy (non-hydrogen) atoms. The predicted molar refractivity (Wildman–Crippen MR) is 112 cm³/mol. The average Bonchev–Trinajstić information content (AvgIpc) is 2.99. The molecule has 0 aliphatic carbocycles. The molecule has 1 aromatic heterocycles. The number of hydrogen-bond acceptors (Lipinski definition) is 8. The molecule has 0 radical (unpaired) electrons. The summed E-state index contributed by atoms with van der Waals surface area (Å²) >= 11 is 4.09. The zero-order valence-corrected chi connectivity index (χ0v) is 17.4. The van der Waals surface area contributed by atoms with Gasteiger partial charge in [-0.2, -0.15) is 5.26 Å². The molecular formula is C18H19N5O4S2. The van der Waals surface area contributed by atoms with Gasteiger partial charge in [0.1, 0.15) is 11.6 Å². The fourth-order valence-electron chi connectivity index (χ4n) is 2.07. The number of carbonyl (C=O) groups is 1. The van der Waals surface area contributed by atoms with Gasteiger partial charge >= 0.3 is 0 Å². The monoisotopic (exact) mass is 433 g/mol. The lowest BCUT2D eigenvalue weighted by atomic mass is 10.2. The number of aromatic nitrogens is 1. The van der Waals surface area contributed by atoms with Crippen molar-refractivity contribution in [3.63, 3.8) is 0 Å². The first kappa shape index (κ1) is 22.1. The summed E-state index contributed by atoms with van der Waals surface area (Å²) in [6.45, 7) is 7.24. The largest absolute Gasteiger partial charge is 0.375 e. The van der Waals surface area contributed by atoms with Gasteiger partial charge in [-0.25, -0.2) is 13.1 Å². The van der Waals surface area contributed by atoms with Crippen molar-refractivity contribution in [2.75, 3.05) is 16.6 Å². The summed E-state index contributed by atoms with van der Waals surface area (Å²) < 4.78 is 32.2. The number of hydrogen-bond donors (Lipinski definition) is 4. The van der Waals surface area contributed by atoms with Gasteiger partial charge < -0.3 is 15.2 Å². The van der Waals surface area contributed by atoms with Crippen molar-refractivity contribution in [2.45, 2.75) is 18.7 Å². The van der Waals surface area contributed by atoms with Crippen LogP contribution in [0, 0.1) is 25.2 Å². The highest BCUT2D eigenvalue weighted by Gasteiger charge is 2.19. The third kappa shape index (κ3) is 5.40. The van der Waals surface area contributed by atoms with Crippen LogP contribution in [0.1, 0.15) is 11.3 Å². The second-order valence-corrected chi connectivity index (χ2v) is 7.94. The number of thiol groups is 1. The van der Waals surface area contributed by atoms with Crippen molar-refractivity contribution in [1.82, 2.24) is 10.5 Å². The quantitative estimate of drug-likeness (QED) is 0.217. The molecule has 9 nitrogen and oxygen atoms in total. The molecule has 1 amide bonds. The smallest absolute Gasteiger partial charge is 0.269 e. The third-order valence-electron chi connectivity index (χ3n) is 3.80. The van der Waals surface area contributed by atoms with E-state index in [1.165, 1.54) is 24.3 Å². The standard InChI is InChI=1S/C18H19N5O4S2/c1-4-9-20-18(28)15(10-19)16(24)21-13-5-7-14(8-6-13)29(25,26)23-17-11(2)12(3)22-27-17/h4-8,20,23,28H,1,9H2,2-3H3,(H,21,24)/b18-15+. The van der Waals surface area contributed by atoms with Crippen LogP contribution >= 0.6 is 12.6 Å². The van der Waals surface area contributed by atoms with Gasteiger partial charge in [-0.15, -0.1) is 19.2 Å². The molecule has 0 aliphatic heterocycles. The van der Waals surface area contributed by atoms with E-state index < -0.39 is 15.9 Å². The Morgan fingerprint density at radius 1 is 1.34 bits per heavy atom. The average molecular weight is 434 g/mol. The van der Waals surface area contributed by atoms with Gasteiger partial charge in [-0.1, -0.05) is 11.2 Å². The van der Waals surface area contributed by atoms with Gasteiger partial charge in [0.05, 0.1) is 15.6 Å². The summed E-state index contributed by atoms with van der Waals surface area (Å²) in [7, 11) is -3.90. The number of aryl methyl sites for hydroxylation is 1. The number of carbonyl (C=O) groups excluding carboxylic acids is 1. The van der Waals surface area contributed by atoms with Crippen molar-refractivity contribution in [2.24, 2.45) is 0 Å². The number of sulfonamides is 1. The van der Waals surface area contributed by atoms with E-state index in [-0.39, 0.29) is 21.4 Å². The molecular weight excluding hydrogens is 414 g/mol. The summed E-state index contributed by atoms with van der Waals surface area (Å²) in [4.78, 5) is 12.2. The lowest BCUT2D eigenvalue weighted by Gasteiger charge is -2.09. The Hall–Kier alpha value is -3.23. The van der Waals surface area contributed by atoms with Crippen LogP contribution in [0.15, 0.2) is 56.9 Å². The molecule has 0 fully saturated rings. The zero-order chi connectivity index (χ0) is 21.6. The van der Waals surface area contributed by atoms with Gasteiger partial charge in [0.15, 0.2) is 0 Å². The molecule has 11 heteroatoms. The number of rotatable bonds is 8. The van der Waals surface area contributed by atoms with Crippen molar-refractivity contribution < 1.29 is 17.7 Å². The Labute approximate surface area is 173 Å². The van der Waals surface area contributed by atoms with Crippen LogP contribution in [0.4, 0.5) is 11.6 Å². The number of nitrogens with one attached hydrogen (secondary N) is 3. The number of nitrogens with zero attached hydrogens (tertiary/aromatic N) is 2. The first-order valence-electron chi connectivity index (χ1n) is 8.24. The molecule has 2 rings (SSSR count). The van der Waals surface area contributed by atoms with E-state index >= 15 is 0 Å². The Kier molecular flexibility index (Phi) is 7.08. The minimum Gasteiger partial charge on any atom is -0.375 e. The van der Waals surface area contributed by atoms with Crippen LogP contribution in [0.5, 0.6) is 0 Å².